The first-order valence-electron chi connectivity index (χ1n) is 3.51. The zero-order chi connectivity index (χ0) is 10.1. The Hall–Kier alpha value is -0.590. The summed E-state index contributed by atoms with van der Waals surface area (Å²) in [5, 5.41) is 0. The average molecular weight is 218 g/mol. The van der Waals surface area contributed by atoms with E-state index in [1.165, 1.54) is 32.6 Å². The highest BCUT2D eigenvalue weighted by Gasteiger charge is 2.17. The van der Waals surface area contributed by atoms with E-state index in [9.17, 15) is 8.42 Å². The van der Waals surface area contributed by atoms with Crippen LogP contribution in [0.15, 0.2) is 28.3 Å². The van der Waals surface area contributed by atoms with Crippen molar-refractivity contribution >= 4 is 22.7 Å². The molecule has 13 heavy (non-hydrogen) atoms. The van der Waals surface area contributed by atoms with Gasteiger partial charge in [0.25, 0.3) is 0 Å². The highest BCUT2D eigenvalue weighted by molar-refractivity contribution is 7.89. The summed E-state index contributed by atoms with van der Waals surface area (Å²) in [5.74, 6) is 0. The summed E-state index contributed by atoms with van der Waals surface area (Å²) < 4.78 is 24.2. The summed E-state index contributed by atoms with van der Waals surface area (Å²) in [5.41, 5.74) is 0. The number of pyridine rings is 1. The standard InChI is InChI=1S/C7H10N2O2S2/c1-9(2)13(10,11)7-3-6(12)4-8-5-7/h3-5,12H,1-2H3. The average Bonchev–Trinajstić information content (AvgIpc) is 2.04. The number of thiol groups is 1. The van der Waals surface area contributed by atoms with Crippen molar-refractivity contribution in [3.63, 3.8) is 0 Å². The lowest BCUT2D eigenvalue weighted by molar-refractivity contribution is 0.520. The molecule has 1 heterocycles. The van der Waals surface area contributed by atoms with Gasteiger partial charge in [0.2, 0.25) is 10.0 Å². The minimum absolute atomic E-state index is 0.157. The molecule has 6 heteroatoms. The van der Waals surface area contributed by atoms with Gasteiger partial charge in [0, 0.05) is 31.4 Å². The first-order chi connectivity index (χ1) is 5.94. The SMILES string of the molecule is CN(C)S(=O)(=O)c1cncc(S)c1. The lowest BCUT2D eigenvalue weighted by Crippen LogP contribution is -2.22. The Bertz CT molecular complexity index is 401. The molecule has 0 aliphatic carbocycles. The van der Waals surface area contributed by atoms with E-state index in [0.717, 1.165) is 4.31 Å². The van der Waals surface area contributed by atoms with Crippen LogP contribution < -0.4 is 0 Å². The molecular weight excluding hydrogens is 208 g/mol. The summed E-state index contributed by atoms with van der Waals surface area (Å²) in [6.45, 7) is 0. The second kappa shape index (κ2) is 3.65. The van der Waals surface area contributed by atoms with Gasteiger partial charge in [-0.05, 0) is 6.07 Å². The third kappa shape index (κ3) is 2.20. The Labute approximate surface area is 83.1 Å². The van der Waals surface area contributed by atoms with Crippen LogP contribution in [-0.4, -0.2) is 31.8 Å². The molecule has 0 aromatic carbocycles. The van der Waals surface area contributed by atoms with Gasteiger partial charge in [-0.25, -0.2) is 12.7 Å². The fourth-order valence-corrected chi connectivity index (χ4v) is 1.94. The lowest BCUT2D eigenvalue weighted by Gasteiger charge is -2.10. The second-order valence-corrected chi connectivity index (χ2v) is 5.33. The van der Waals surface area contributed by atoms with Crippen molar-refractivity contribution in [2.24, 2.45) is 0 Å². The molecule has 4 nitrogen and oxygen atoms in total. The molecule has 0 atom stereocenters. The summed E-state index contributed by atoms with van der Waals surface area (Å²) in [7, 11) is -0.432. The molecule has 0 amide bonds. The Morgan fingerprint density at radius 1 is 1.38 bits per heavy atom. The lowest BCUT2D eigenvalue weighted by atomic mass is 10.5. The number of hydrogen-bond donors (Lipinski definition) is 1. The van der Waals surface area contributed by atoms with Crippen molar-refractivity contribution in [3.05, 3.63) is 18.5 Å². The number of sulfonamides is 1. The third-order valence-electron chi connectivity index (χ3n) is 1.48. The molecule has 0 unspecified atom stereocenters. The van der Waals surface area contributed by atoms with Gasteiger partial charge < -0.3 is 0 Å². The first kappa shape index (κ1) is 10.5. The molecular formula is C7H10N2O2S2. The predicted octanol–water partition coefficient (Wildman–Crippen LogP) is 0.621. The Balaban J connectivity index is 3.24. The summed E-state index contributed by atoms with van der Waals surface area (Å²) in [6.07, 6.45) is 2.78. The van der Waals surface area contributed by atoms with Gasteiger partial charge >= 0.3 is 0 Å². The first-order valence-corrected chi connectivity index (χ1v) is 5.40. The largest absolute Gasteiger partial charge is 0.262 e. The van der Waals surface area contributed by atoms with Crippen molar-refractivity contribution in [3.8, 4) is 0 Å². The van der Waals surface area contributed by atoms with Gasteiger partial charge in [-0.2, -0.15) is 0 Å². The quantitative estimate of drug-likeness (QED) is 0.740. The van der Waals surface area contributed by atoms with Crippen LogP contribution in [-0.2, 0) is 10.0 Å². The van der Waals surface area contributed by atoms with E-state index >= 15 is 0 Å². The summed E-state index contributed by atoms with van der Waals surface area (Å²) in [6, 6.07) is 1.46. The van der Waals surface area contributed by atoms with Crippen LogP contribution in [0.25, 0.3) is 0 Å². The molecule has 0 N–H and O–H groups in total. The molecule has 0 bridgehead atoms. The maximum absolute atomic E-state index is 11.5. The van der Waals surface area contributed by atoms with Crippen LogP contribution in [0, 0.1) is 0 Å². The Kier molecular flexibility index (Phi) is 2.94. The predicted molar refractivity (Wildman–Crippen MR) is 52.4 cm³/mol. The highest BCUT2D eigenvalue weighted by Crippen LogP contribution is 2.14. The molecule has 72 valence electrons. The number of hydrogen-bond acceptors (Lipinski definition) is 4. The molecule has 1 rings (SSSR count). The van der Waals surface area contributed by atoms with E-state index in [0.29, 0.717) is 4.90 Å². The minimum Gasteiger partial charge on any atom is -0.262 e. The van der Waals surface area contributed by atoms with Crippen molar-refractivity contribution in [1.29, 1.82) is 0 Å². The summed E-state index contributed by atoms with van der Waals surface area (Å²) >= 11 is 4.01. The van der Waals surface area contributed by atoms with Gasteiger partial charge in [-0.1, -0.05) is 0 Å². The van der Waals surface area contributed by atoms with Gasteiger partial charge in [-0.3, -0.25) is 4.98 Å². The molecule has 0 saturated carbocycles. The van der Waals surface area contributed by atoms with Crippen LogP contribution in [0.2, 0.25) is 0 Å². The van der Waals surface area contributed by atoms with E-state index in [2.05, 4.69) is 17.6 Å². The van der Waals surface area contributed by atoms with E-state index in [-0.39, 0.29) is 4.90 Å². The highest BCUT2D eigenvalue weighted by atomic mass is 32.2. The molecule has 0 radical (unpaired) electrons. The maximum Gasteiger partial charge on any atom is 0.244 e. The van der Waals surface area contributed by atoms with Crippen LogP contribution in [0.5, 0.6) is 0 Å². The minimum atomic E-state index is -3.38. The van der Waals surface area contributed by atoms with Crippen molar-refractivity contribution in [2.45, 2.75) is 9.79 Å². The topological polar surface area (TPSA) is 50.3 Å². The Morgan fingerprint density at radius 3 is 2.46 bits per heavy atom. The molecule has 1 aromatic heterocycles. The zero-order valence-corrected chi connectivity index (χ0v) is 9.01. The van der Waals surface area contributed by atoms with Gasteiger partial charge in [0.1, 0.15) is 4.90 Å². The molecule has 1 aromatic rings. The normalized spacial score (nSPS) is 12.0. The molecule has 0 saturated heterocycles. The number of aromatic nitrogens is 1. The van der Waals surface area contributed by atoms with Gasteiger partial charge in [0.15, 0.2) is 0 Å². The fraction of sp³-hybridized carbons (Fsp3) is 0.286. The number of rotatable bonds is 2. The molecule has 0 fully saturated rings. The van der Waals surface area contributed by atoms with Crippen LogP contribution in [0.1, 0.15) is 0 Å². The zero-order valence-electron chi connectivity index (χ0n) is 7.30. The van der Waals surface area contributed by atoms with Crippen LogP contribution in [0.3, 0.4) is 0 Å². The van der Waals surface area contributed by atoms with Crippen molar-refractivity contribution in [2.75, 3.05) is 14.1 Å². The van der Waals surface area contributed by atoms with Gasteiger partial charge in [-0.15, -0.1) is 12.6 Å². The van der Waals surface area contributed by atoms with Crippen molar-refractivity contribution in [1.82, 2.24) is 9.29 Å². The summed E-state index contributed by atoms with van der Waals surface area (Å²) in [4.78, 5) is 4.44. The van der Waals surface area contributed by atoms with Crippen LogP contribution in [0.4, 0.5) is 0 Å². The van der Waals surface area contributed by atoms with E-state index in [1.807, 2.05) is 0 Å². The number of nitrogens with zero attached hydrogens (tertiary/aromatic N) is 2. The van der Waals surface area contributed by atoms with E-state index < -0.39 is 10.0 Å². The molecule has 0 spiro atoms. The monoisotopic (exact) mass is 218 g/mol. The fourth-order valence-electron chi connectivity index (χ4n) is 0.759. The van der Waals surface area contributed by atoms with Gasteiger partial charge in [0.05, 0.1) is 0 Å². The smallest absolute Gasteiger partial charge is 0.244 e. The van der Waals surface area contributed by atoms with E-state index in [4.69, 9.17) is 0 Å². The van der Waals surface area contributed by atoms with E-state index in [1.54, 1.807) is 0 Å². The second-order valence-electron chi connectivity index (χ2n) is 2.67. The van der Waals surface area contributed by atoms with Crippen molar-refractivity contribution < 1.29 is 8.42 Å². The Morgan fingerprint density at radius 2 is 2.00 bits per heavy atom. The molecule has 0 aliphatic rings. The maximum atomic E-state index is 11.5. The van der Waals surface area contributed by atoms with Crippen LogP contribution >= 0.6 is 12.6 Å². The third-order valence-corrected chi connectivity index (χ3v) is 3.50. The molecule has 0 aliphatic heterocycles.